The van der Waals surface area contributed by atoms with Gasteiger partial charge in [0.1, 0.15) is 0 Å². The van der Waals surface area contributed by atoms with Gasteiger partial charge < -0.3 is 0 Å². The zero-order valence-electron chi connectivity index (χ0n) is 15.2. The van der Waals surface area contributed by atoms with Crippen LogP contribution in [0.25, 0.3) is 11.3 Å². The average molecular weight is 409 g/mol. The zero-order valence-corrected chi connectivity index (χ0v) is 16.0. The molecule has 2 aromatic carbocycles. The zero-order chi connectivity index (χ0) is 20.5. The molecule has 0 amide bonds. The highest BCUT2D eigenvalue weighted by Crippen LogP contribution is 2.36. The second-order valence-electron chi connectivity index (χ2n) is 6.21. The highest BCUT2D eigenvalue weighted by Gasteiger charge is 2.39. The lowest BCUT2D eigenvalue weighted by Gasteiger charge is -2.12. The fourth-order valence-corrected chi connectivity index (χ4v) is 3.83. The van der Waals surface area contributed by atoms with Crippen molar-refractivity contribution in [1.29, 1.82) is 0 Å². The van der Waals surface area contributed by atoms with E-state index in [0.29, 0.717) is 10.4 Å². The summed E-state index contributed by atoms with van der Waals surface area (Å²) in [5.74, 6) is 0. The molecule has 0 fully saturated rings. The molecule has 1 aromatic heterocycles. The average Bonchev–Trinajstić information content (AvgIpc) is 3.01. The maximum Gasteiger partial charge on any atom is 0.435 e. The molecule has 148 valence electrons. The maximum atomic E-state index is 13.5. The van der Waals surface area contributed by atoms with Crippen LogP contribution in [-0.2, 0) is 22.6 Å². The smallest absolute Gasteiger partial charge is 0.200 e. The number of alkyl halides is 3. The Balaban J connectivity index is 2.20. The molecule has 9 heteroatoms. The van der Waals surface area contributed by atoms with Gasteiger partial charge in [-0.2, -0.15) is 31.2 Å². The summed E-state index contributed by atoms with van der Waals surface area (Å²) in [5, 5.41) is 3.56. The van der Waals surface area contributed by atoms with Crippen molar-refractivity contribution >= 4 is 10.0 Å². The van der Waals surface area contributed by atoms with E-state index < -0.39 is 21.9 Å². The molecule has 0 saturated heterocycles. The Labute approximate surface area is 160 Å². The highest BCUT2D eigenvalue weighted by atomic mass is 32.2. The molecule has 0 saturated carbocycles. The van der Waals surface area contributed by atoms with Gasteiger partial charge in [-0.15, -0.1) is 5.10 Å². The Kier molecular flexibility index (Phi) is 5.20. The summed E-state index contributed by atoms with van der Waals surface area (Å²) in [6, 6.07) is 14.1. The van der Waals surface area contributed by atoms with Crippen LogP contribution in [-0.4, -0.2) is 18.3 Å². The van der Waals surface area contributed by atoms with Crippen LogP contribution in [0.3, 0.4) is 0 Å². The normalized spacial score (nSPS) is 12.2. The van der Waals surface area contributed by atoms with Gasteiger partial charge in [-0.25, -0.2) is 0 Å². The molecule has 0 radical (unpaired) electrons. The minimum Gasteiger partial charge on any atom is -0.200 e. The maximum absolute atomic E-state index is 13.5. The molecule has 0 spiro atoms. The van der Waals surface area contributed by atoms with Crippen molar-refractivity contribution in [3.8, 4) is 11.3 Å². The van der Waals surface area contributed by atoms with Crippen LogP contribution in [0.5, 0.6) is 0 Å². The standard InChI is InChI=1S/C19H18F3N3O2S/c1-3-16-17(14-11-9-13(2)10-12-14)25(23-18(16)19(20,21)22)24-28(26,27)15-7-5-4-6-8-15/h4-12,24H,3H2,1-2H3. The van der Waals surface area contributed by atoms with E-state index in [4.69, 9.17) is 0 Å². The molecule has 0 unspecified atom stereocenters. The van der Waals surface area contributed by atoms with Crippen molar-refractivity contribution in [2.75, 3.05) is 4.83 Å². The van der Waals surface area contributed by atoms with Gasteiger partial charge in [0.15, 0.2) is 5.69 Å². The van der Waals surface area contributed by atoms with Crippen LogP contribution in [0.2, 0.25) is 0 Å². The minimum absolute atomic E-state index is 0.0329. The Morgan fingerprint density at radius 1 is 1.04 bits per heavy atom. The molecule has 0 aliphatic heterocycles. The van der Waals surface area contributed by atoms with E-state index >= 15 is 0 Å². The molecular formula is C19H18F3N3O2S. The van der Waals surface area contributed by atoms with Crippen LogP contribution in [0, 0.1) is 6.92 Å². The number of benzene rings is 2. The number of nitrogens with one attached hydrogen (secondary N) is 1. The fraction of sp³-hybridized carbons (Fsp3) is 0.211. The van der Waals surface area contributed by atoms with Crippen LogP contribution in [0.1, 0.15) is 23.7 Å². The predicted molar refractivity (Wildman–Crippen MR) is 99.8 cm³/mol. The lowest BCUT2D eigenvalue weighted by atomic mass is 10.0. The van der Waals surface area contributed by atoms with Crippen molar-refractivity contribution in [2.24, 2.45) is 0 Å². The van der Waals surface area contributed by atoms with Crippen LogP contribution >= 0.6 is 0 Å². The SMILES string of the molecule is CCc1c(C(F)(F)F)nn(NS(=O)(=O)c2ccccc2)c1-c1ccc(C)cc1. The second-order valence-corrected chi connectivity index (χ2v) is 7.87. The summed E-state index contributed by atoms with van der Waals surface area (Å²) in [6.45, 7) is 3.42. The summed E-state index contributed by atoms with van der Waals surface area (Å²) in [5.41, 5.74) is 0.234. The third-order valence-electron chi connectivity index (χ3n) is 4.19. The first kappa shape index (κ1) is 19.9. The molecule has 3 aromatic rings. The van der Waals surface area contributed by atoms with E-state index in [1.54, 1.807) is 37.3 Å². The van der Waals surface area contributed by atoms with Crippen molar-refractivity contribution in [1.82, 2.24) is 9.89 Å². The van der Waals surface area contributed by atoms with E-state index in [2.05, 4.69) is 9.93 Å². The van der Waals surface area contributed by atoms with Crippen LogP contribution in [0.15, 0.2) is 59.5 Å². The minimum atomic E-state index is -4.71. The number of aryl methyl sites for hydroxylation is 1. The van der Waals surface area contributed by atoms with Gasteiger partial charge in [0, 0.05) is 11.1 Å². The molecule has 1 N–H and O–H groups in total. The summed E-state index contributed by atoms with van der Waals surface area (Å²) < 4.78 is 65.8. The first-order chi connectivity index (χ1) is 13.1. The van der Waals surface area contributed by atoms with Gasteiger partial charge in [-0.1, -0.05) is 55.0 Å². The lowest BCUT2D eigenvalue weighted by Crippen LogP contribution is -2.25. The predicted octanol–water partition coefficient (Wildman–Crippen LogP) is 4.37. The number of hydrogen-bond acceptors (Lipinski definition) is 3. The topological polar surface area (TPSA) is 64.0 Å². The molecule has 0 atom stereocenters. The number of nitrogens with zero attached hydrogens (tertiary/aromatic N) is 2. The van der Waals surface area contributed by atoms with E-state index in [1.165, 1.54) is 24.3 Å². The fourth-order valence-electron chi connectivity index (χ4n) is 2.85. The number of sulfonamides is 1. The molecule has 3 rings (SSSR count). The Hall–Kier alpha value is -2.81. The number of rotatable bonds is 5. The number of aromatic nitrogens is 2. The van der Waals surface area contributed by atoms with Crippen LogP contribution in [0.4, 0.5) is 13.2 Å². The summed E-state index contributed by atoms with van der Waals surface area (Å²) in [7, 11) is -4.13. The first-order valence-electron chi connectivity index (χ1n) is 8.47. The molecule has 0 aliphatic rings. The summed E-state index contributed by atoms with van der Waals surface area (Å²) >= 11 is 0. The van der Waals surface area contributed by atoms with Gasteiger partial charge in [0.2, 0.25) is 0 Å². The molecule has 5 nitrogen and oxygen atoms in total. The molecule has 1 heterocycles. The summed E-state index contributed by atoms with van der Waals surface area (Å²) in [4.78, 5) is 2.79. The van der Waals surface area contributed by atoms with E-state index in [0.717, 1.165) is 5.56 Å². The van der Waals surface area contributed by atoms with Gasteiger partial charge in [-0.05, 0) is 25.5 Å². The molecule has 0 aliphatic carbocycles. The third kappa shape index (κ3) is 3.89. The van der Waals surface area contributed by atoms with E-state index in [-0.39, 0.29) is 22.6 Å². The van der Waals surface area contributed by atoms with E-state index in [1.807, 2.05) is 6.92 Å². The first-order valence-corrected chi connectivity index (χ1v) is 9.96. The van der Waals surface area contributed by atoms with Crippen LogP contribution < -0.4 is 4.83 Å². The van der Waals surface area contributed by atoms with Gasteiger partial charge in [0.25, 0.3) is 10.0 Å². The Morgan fingerprint density at radius 2 is 1.64 bits per heavy atom. The molecule has 0 bridgehead atoms. The molecular weight excluding hydrogens is 391 g/mol. The van der Waals surface area contributed by atoms with Gasteiger partial charge >= 0.3 is 6.18 Å². The summed E-state index contributed by atoms with van der Waals surface area (Å²) in [6.07, 6.45) is -4.68. The van der Waals surface area contributed by atoms with Crippen molar-refractivity contribution in [3.63, 3.8) is 0 Å². The Bertz CT molecular complexity index is 1070. The largest absolute Gasteiger partial charge is 0.435 e. The molecule has 28 heavy (non-hydrogen) atoms. The Morgan fingerprint density at radius 3 is 2.18 bits per heavy atom. The third-order valence-corrected chi connectivity index (χ3v) is 5.50. The number of halogens is 3. The number of hydrogen-bond donors (Lipinski definition) is 1. The monoisotopic (exact) mass is 409 g/mol. The van der Waals surface area contributed by atoms with Crippen molar-refractivity contribution in [3.05, 3.63) is 71.4 Å². The van der Waals surface area contributed by atoms with Gasteiger partial charge in [-0.3, -0.25) is 0 Å². The van der Waals surface area contributed by atoms with Crippen molar-refractivity contribution < 1.29 is 21.6 Å². The second kappa shape index (κ2) is 7.31. The van der Waals surface area contributed by atoms with Gasteiger partial charge in [0.05, 0.1) is 10.6 Å². The quantitative estimate of drug-likeness (QED) is 0.681. The van der Waals surface area contributed by atoms with E-state index in [9.17, 15) is 21.6 Å². The lowest BCUT2D eigenvalue weighted by molar-refractivity contribution is -0.142. The van der Waals surface area contributed by atoms with Crippen molar-refractivity contribution in [2.45, 2.75) is 31.3 Å². The highest BCUT2D eigenvalue weighted by molar-refractivity contribution is 7.92.